The number of piperidine rings is 1. The molecule has 1 aromatic carbocycles. The smallest absolute Gasteiger partial charge is 0.191 e. The van der Waals surface area contributed by atoms with E-state index < -0.39 is 0 Å². The van der Waals surface area contributed by atoms with Gasteiger partial charge in [0.2, 0.25) is 0 Å². The largest absolute Gasteiger partial charge is 0.497 e. The van der Waals surface area contributed by atoms with E-state index >= 15 is 0 Å². The first kappa shape index (κ1) is 22.0. The summed E-state index contributed by atoms with van der Waals surface area (Å²) < 4.78 is 5.18. The summed E-state index contributed by atoms with van der Waals surface area (Å²) in [5.41, 5.74) is 1.21. The van der Waals surface area contributed by atoms with E-state index in [-0.39, 0.29) is 24.0 Å². The van der Waals surface area contributed by atoms with Crippen molar-refractivity contribution in [1.29, 1.82) is 0 Å². The molecule has 0 spiro atoms. The van der Waals surface area contributed by atoms with Gasteiger partial charge in [-0.3, -0.25) is 9.89 Å². The van der Waals surface area contributed by atoms with Crippen molar-refractivity contribution < 1.29 is 4.74 Å². The second kappa shape index (κ2) is 11.6. The molecule has 1 aromatic rings. The second-order valence-corrected chi connectivity index (χ2v) is 6.72. The molecule has 5 nitrogen and oxygen atoms in total. The molecule has 0 aliphatic carbocycles. The molecular formula is C19H33IN4O. The zero-order chi connectivity index (χ0) is 17.4. The Bertz CT molecular complexity index is 513. The van der Waals surface area contributed by atoms with E-state index in [9.17, 15) is 0 Å². The minimum absolute atomic E-state index is 0. The molecule has 2 N–H and O–H groups in total. The minimum Gasteiger partial charge on any atom is -0.497 e. The number of hydrogen-bond acceptors (Lipinski definition) is 3. The molecule has 0 bridgehead atoms. The van der Waals surface area contributed by atoms with Crippen LogP contribution in [0.1, 0.15) is 32.3 Å². The van der Waals surface area contributed by atoms with Gasteiger partial charge in [-0.05, 0) is 56.5 Å². The number of likely N-dealkylation sites (tertiary alicyclic amines) is 1. The van der Waals surface area contributed by atoms with Crippen LogP contribution in [0.4, 0.5) is 0 Å². The lowest BCUT2D eigenvalue weighted by Gasteiger charge is -2.35. The maximum atomic E-state index is 5.18. The van der Waals surface area contributed by atoms with E-state index in [1.807, 2.05) is 19.2 Å². The minimum atomic E-state index is 0. The molecule has 1 fully saturated rings. The summed E-state index contributed by atoms with van der Waals surface area (Å²) in [6, 6.07) is 8.61. The van der Waals surface area contributed by atoms with Crippen molar-refractivity contribution >= 4 is 29.9 Å². The van der Waals surface area contributed by atoms with Crippen LogP contribution in [-0.2, 0) is 6.54 Å². The number of halogens is 1. The van der Waals surface area contributed by atoms with Gasteiger partial charge in [-0.2, -0.15) is 0 Å². The summed E-state index contributed by atoms with van der Waals surface area (Å²) >= 11 is 0. The van der Waals surface area contributed by atoms with Crippen LogP contribution in [0.5, 0.6) is 5.75 Å². The van der Waals surface area contributed by atoms with E-state index in [1.54, 1.807) is 7.11 Å². The van der Waals surface area contributed by atoms with Crippen LogP contribution in [0, 0.1) is 5.92 Å². The summed E-state index contributed by atoms with van der Waals surface area (Å²) in [6.07, 6.45) is 2.63. The SMILES string of the molecule is CN=C(NCc1ccc(OC)cc1)NCC(C)N1CCC(C)CC1.I. The van der Waals surface area contributed by atoms with Crippen molar-refractivity contribution in [2.45, 2.75) is 39.3 Å². The number of nitrogens with zero attached hydrogens (tertiary/aromatic N) is 2. The van der Waals surface area contributed by atoms with Gasteiger partial charge in [-0.15, -0.1) is 24.0 Å². The molecule has 25 heavy (non-hydrogen) atoms. The number of guanidine groups is 1. The van der Waals surface area contributed by atoms with Crippen LogP contribution in [-0.4, -0.2) is 50.7 Å². The lowest BCUT2D eigenvalue weighted by atomic mass is 9.98. The Hall–Kier alpha value is -1.02. The molecule has 6 heteroatoms. The molecule has 1 aliphatic heterocycles. The Morgan fingerprint density at radius 3 is 2.44 bits per heavy atom. The van der Waals surface area contributed by atoms with E-state index in [1.165, 1.54) is 31.5 Å². The van der Waals surface area contributed by atoms with Crippen LogP contribution < -0.4 is 15.4 Å². The third-order valence-electron chi connectivity index (χ3n) is 4.85. The van der Waals surface area contributed by atoms with Crippen LogP contribution in [0.15, 0.2) is 29.3 Å². The van der Waals surface area contributed by atoms with Gasteiger partial charge >= 0.3 is 0 Å². The highest BCUT2D eigenvalue weighted by atomic mass is 127. The molecule has 1 aliphatic rings. The number of aliphatic imine (C=N–C) groups is 1. The van der Waals surface area contributed by atoms with Crippen molar-refractivity contribution in [3.63, 3.8) is 0 Å². The van der Waals surface area contributed by atoms with E-state index in [4.69, 9.17) is 4.74 Å². The normalized spacial score (nSPS) is 17.5. The van der Waals surface area contributed by atoms with Gasteiger partial charge in [0.25, 0.3) is 0 Å². The highest BCUT2D eigenvalue weighted by Gasteiger charge is 2.20. The highest BCUT2D eigenvalue weighted by molar-refractivity contribution is 14.0. The van der Waals surface area contributed by atoms with Gasteiger partial charge in [0.15, 0.2) is 5.96 Å². The molecule has 0 aromatic heterocycles. The van der Waals surface area contributed by atoms with Crippen molar-refractivity contribution in [3.8, 4) is 5.75 Å². The maximum absolute atomic E-state index is 5.18. The number of benzene rings is 1. The Morgan fingerprint density at radius 2 is 1.88 bits per heavy atom. The molecule has 0 amide bonds. The fourth-order valence-corrected chi connectivity index (χ4v) is 2.99. The molecule has 0 saturated carbocycles. The Balaban J connectivity index is 0.00000312. The molecule has 1 unspecified atom stereocenters. The van der Waals surface area contributed by atoms with Gasteiger partial charge in [0.1, 0.15) is 5.75 Å². The van der Waals surface area contributed by atoms with Gasteiger partial charge in [-0.25, -0.2) is 0 Å². The van der Waals surface area contributed by atoms with Gasteiger partial charge < -0.3 is 15.4 Å². The van der Waals surface area contributed by atoms with E-state index in [2.05, 4.69) is 46.5 Å². The summed E-state index contributed by atoms with van der Waals surface area (Å²) in [4.78, 5) is 6.89. The molecule has 1 atom stereocenters. The molecule has 142 valence electrons. The summed E-state index contributed by atoms with van der Waals surface area (Å²) in [6.45, 7) is 8.73. The summed E-state index contributed by atoms with van der Waals surface area (Å²) in [7, 11) is 3.50. The number of nitrogens with one attached hydrogen (secondary N) is 2. The van der Waals surface area contributed by atoms with E-state index in [0.717, 1.165) is 30.7 Å². The van der Waals surface area contributed by atoms with Gasteiger partial charge in [0, 0.05) is 26.2 Å². The molecule has 2 rings (SSSR count). The van der Waals surface area contributed by atoms with Gasteiger partial charge in [0.05, 0.1) is 7.11 Å². The average Bonchev–Trinajstić information content (AvgIpc) is 2.62. The highest BCUT2D eigenvalue weighted by Crippen LogP contribution is 2.17. The average molecular weight is 460 g/mol. The van der Waals surface area contributed by atoms with Crippen molar-refractivity contribution in [3.05, 3.63) is 29.8 Å². The third kappa shape index (κ3) is 7.40. The molecule has 1 heterocycles. The Morgan fingerprint density at radius 1 is 1.24 bits per heavy atom. The maximum Gasteiger partial charge on any atom is 0.191 e. The summed E-state index contributed by atoms with van der Waals surface area (Å²) in [5, 5.41) is 6.81. The number of rotatable bonds is 6. The molecular weight excluding hydrogens is 427 g/mol. The van der Waals surface area contributed by atoms with Crippen LogP contribution in [0.2, 0.25) is 0 Å². The second-order valence-electron chi connectivity index (χ2n) is 6.72. The van der Waals surface area contributed by atoms with E-state index in [0.29, 0.717) is 6.04 Å². The zero-order valence-corrected chi connectivity index (χ0v) is 18.2. The Kier molecular flexibility index (Phi) is 10.2. The number of ether oxygens (including phenoxy) is 1. The van der Waals surface area contributed by atoms with Gasteiger partial charge in [-0.1, -0.05) is 19.1 Å². The Labute approximate surface area is 169 Å². The lowest BCUT2D eigenvalue weighted by Crippen LogP contribution is -2.47. The first-order valence-electron chi connectivity index (χ1n) is 8.94. The topological polar surface area (TPSA) is 48.9 Å². The predicted octanol–water partition coefficient (Wildman–Crippen LogP) is 3.10. The lowest BCUT2D eigenvalue weighted by molar-refractivity contribution is 0.147. The van der Waals surface area contributed by atoms with Crippen molar-refractivity contribution in [2.24, 2.45) is 10.9 Å². The first-order chi connectivity index (χ1) is 11.6. The standard InChI is InChI=1S/C19H32N4O.HI/c1-15-9-11-23(12-10-15)16(2)13-21-19(20-3)22-14-17-5-7-18(24-4)8-6-17;/h5-8,15-16H,9-14H2,1-4H3,(H2,20,21,22);1H. The van der Waals surface area contributed by atoms with Crippen LogP contribution in [0.3, 0.4) is 0 Å². The molecule has 0 radical (unpaired) electrons. The quantitative estimate of drug-likeness (QED) is 0.389. The predicted molar refractivity (Wildman–Crippen MR) is 116 cm³/mol. The number of hydrogen-bond donors (Lipinski definition) is 2. The van der Waals surface area contributed by atoms with Crippen LogP contribution in [0.25, 0.3) is 0 Å². The van der Waals surface area contributed by atoms with Crippen LogP contribution >= 0.6 is 24.0 Å². The van der Waals surface area contributed by atoms with Crippen molar-refractivity contribution in [1.82, 2.24) is 15.5 Å². The summed E-state index contributed by atoms with van der Waals surface area (Å²) in [5.74, 6) is 2.61. The third-order valence-corrected chi connectivity index (χ3v) is 4.85. The zero-order valence-electron chi connectivity index (χ0n) is 15.9. The monoisotopic (exact) mass is 460 g/mol. The first-order valence-corrected chi connectivity index (χ1v) is 8.94. The van der Waals surface area contributed by atoms with Crippen molar-refractivity contribution in [2.75, 3.05) is 33.8 Å². The molecule has 1 saturated heterocycles. The fourth-order valence-electron chi connectivity index (χ4n) is 2.99. The fraction of sp³-hybridized carbons (Fsp3) is 0.632. The number of methoxy groups -OCH3 is 1.